The van der Waals surface area contributed by atoms with E-state index in [2.05, 4.69) is 41.5 Å². The molecule has 0 bridgehead atoms. The Balaban J connectivity index is 0.00000200. The van der Waals surface area contributed by atoms with Gasteiger partial charge in [-0.25, -0.2) is 0 Å². The molecule has 1 fully saturated rings. The third kappa shape index (κ3) is 4.47. The number of rotatable bonds is 5. The molecular formula is C15H24ClN3O. The van der Waals surface area contributed by atoms with E-state index in [1.807, 2.05) is 19.2 Å². The molecule has 1 amide bonds. The van der Waals surface area contributed by atoms with Crippen LogP contribution in [-0.2, 0) is 4.79 Å². The number of amides is 1. The smallest absolute Gasteiger partial charge is 0.238 e. The fraction of sp³-hybridized carbons (Fsp3) is 0.533. The summed E-state index contributed by atoms with van der Waals surface area (Å²) in [6.07, 6.45) is 0. The summed E-state index contributed by atoms with van der Waals surface area (Å²) < 4.78 is 0. The number of nitrogens with zero attached hydrogens (tertiary/aromatic N) is 1. The molecule has 4 nitrogen and oxygen atoms in total. The van der Waals surface area contributed by atoms with Crippen LogP contribution in [0.4, 0.5) is 5.69 Å². The first kappa shape index (κ1) is 17.0. The van der Waals surface area contributed by atoms with Gasteiger partial charge >= 0.3 is 0 Å². The summed E-state index contributed by atoms with van der Waals surface area (Å²) in [5.41, 5.74) is 2.16. The van der Waals surface area contributed by atoms with Gasteiger partial charge in [0.1, 0.15) is 0 Å². The lowest BCUT2D eigenvalue weighted by molar-refractivity contribution is -0.117. The number of hydrogen-bond acceptors (Lipinski definition) is 3. The zero-order chi connectivity index (χ0) is 13.8. The van der Waals surface area contributed by atoms with E-state index < -0.39 is 0 Å². The van der Waals surface area contributed by atoms with Gasteiger partial charge in [0.15, 0.2) is 0 Å². The first-order valence-corrected chi connectivity index (χ1v) is 6.87. The van der Waals surface area contributed by atoms with Crippen LogP contribution in [0.15, 0.2) is 24.3 Å². The number of hydrogen-bond donors (Lipinski definition) is 2. The van der Waals surface area contributed by atoms with Crippen LogP contribution in [0.5, 0.6) is 0 Å². The highest BCUT2D eigenvalue weighted by Crippen LogP contribution is 2.17. The van der Waals surface area contributed by atoms with Gasteiger partial charge in [-0.15, -0.1) is 12.4 Å². The Bertz CT molecular complexity index is 429. The second kappa shape index (κ2) is 7.62. The van der Waals surface area contributed by atoms with Crippen molar-refractivity contribution >= 4 is 24.0 Å². The topological polar surface area (TPSA) is 44.4 Å². The summed E-state index contributed by atoms with van der Waals surface area (Å²) in [6.45, 7) is 6.72. The fourth-order valence-electron chi connectivity index (χ4n) is 2.09. The highest BCUT2D eigenvalue weighted by molar-refractivity contribution is 5.92. The van der Waals surface area contributed by atoms with Gasteiger partial charge in [-0.1, -0.05) is 26.0 Å². The molecule has 0 radical (unpaired) electrons. The van der Waals surface area contributed by atoms with Crippen LogP contribution in [0, 0.1) is 0 Å². The number of likely N-dealkylation sites (N-methyl/N-ethyl adjacent to an activating group) is 1. The molecule has 1 aromatic carbocycles. The molecule has 1 heterocycles. The summed E-state index contributed by atoms with van der Waals surface area (Å²) in [5, 5.41) is 6.15. The van der Waals surface area contributed by atoms with E-state index in [0.717, 1.165) is 18.8 Å². The van der Waals surface area contributed by atoms with Crippen molar-refractivity contribution in [3.63, 3.8) is 0 Å². The predicted molar refractivity (Wildman–Crippen MR) is 85.7 cm³/mol. The van der Waals surface area contributed by atoms with Gasteiger partial charge in [0, 0.05) is 24.8 Å². The Morgan fingerprint density at radius 1 is 1.35 bits per heavy atom. The molecule has 1 aromatic rings. The molecule has 0 unspecified atom stereocenters. The number of halogens is 1. The Labute approximate surface area is 127 Å². The molecule has 0 spiro atoms. The molecule has 2 N–H and O–H groups in total. The van der Waals surface area contributed by atoms with E-state index in [-0.39, 0.29) is 18.3 Å². The summed E-state index contributed by atoms with van der Waals surface area (Å²) in [7, 11) is 1.99. The minimum Gasteiger partial charge on any atom is -0.325 e. The molecular weight excluding hydrogens is 274 g/mol. The fourth-order valence-corrected chi connectivity index (χ4v) is 2.09. The summed E-state index contributed by atoms with van der Waals surface area (Å²) in [4.78, 5) is 14.0. The standard InChI is InChI=1S/C15H23N3O.ClH/c1-11(2)12-4-6-13(7-5-12)17-15(19)10-18(3)14-8-16-9-14;/h4-7,11,14,16H,8-10H2,1-3H3,(H,17,19);1H. The van der Waals surface area contributed by atoms with E-state index in [1.165, 1.54) is 5.56 Å². The maximum absolute atomic E-state index is 11.9. The third-order valence-electron chi connectivity index (χ3n) is 3.64. The van der Waals surface area contributed by atoms with Crippen molar-refractivity contribution in [2.24, 2.45) is 0 Å². The van der Waals surface area contributed by atoms with E-state index >= 15 is 0 Å². The Hall–Kier alpha value is -1.10. The lowest BCUT2D eigenvalue weighted by Crippen LogP contribution is -2.57. The molecule has 0 saturated carbocycles. The number of carbonyl (C=O) groups is 1. The number of carbonyl (C=O) groups excluding carboxylic acids is 1. The van der Waals surface area contributed by atoms with Gasteiger partial charge in [0.25, 0.3) is 0 Å². The number of benzene rings is 1. The monoisotopic (exact) mass is 297 g/mol. The van der Waals surface area contributed by atoms with Crippen LogP contribution in [0.3, 0.4) is 0 Å². The zero-order valence-electron chi connectivity index (χ0n) is 12.3. The van der Waals surface area contributed by atoms with E-state index in [9.17, 15) is 4.79 Å². The predicted octanol–water partition coefficient (Wildman–Crippen LogP) is 2.07. The van der Waals surface area contributed by atoms with Crippen LogP contribution >= 0.6 is 12.4 Å². The van der Waals surface area contributed by atoms with Gasteiger partial charge in [0.05, 0.1) is 6.54 Å². The van der Waals surface area contributed by atoms with Crippen LogP contribution in [0.25, 0.3) is 0 Å². The van der Waals surface area contributed by atoms with Gasteiger partial charge in [-0.05, 0) is 30.7 Å². The molecule has 20 heavy (non-hydrogen) atoms. The first-order valence-electron chi connectivity index (χ1n) is 6.87. The van der Waals surface area contributed by atoms with Crippen LogP contribution in [0.1, 0.15) is 25.3 Å². The second-order valence-corrected chi connectivity index (χ2v) is 5.55. The summed E-state index contributed by atoms with van der Waals surface area (Å²) >= 11 is 0. The van der Waals surface area contributed by atoms with E-state index in [0.29, 0.717) is 18.5 Å². The molecule has 5 heteroatoms. The van der Waals surface area contributed by atoms with Crippen molar-refractivity contribution in [3.8, 4) is 0 Å². The van der Waals surface area contributed by atoms with Gasteiger partial charge in [0.2, 0.25) is 5.91 Å². The van der Waals surface area contributed by atoms with Crippen molar-refractivity contribution in [2.45, 2.75) is 25.8 Å². The van der Waals surface area contributed by atoms with Gasteiger partial charge < -0.3 is 10.6 Å². The number of anilines is 1. The lowest BCUT2D eigenvalue weighted by atomic mass is 10.0. The lowest BCUT2D eigenvalue weighted by Gasteiger charge is -2.35. The minimum atomic E-state index is 0. The first-order chi connectivity index (χ1) is 9.06. The van der Waals surface area contributed by atoms with Gasteiger partial charge in [-0.3, -0.25) is 9.69 Å². The molecule has 1 aliphatic rings. The molecule has 0 aromatic heterocycles. The zero-order valence-corrected chi connectivity index (χ0v) is 13.2. The minimum absolute atomic E-state index is 0. The van der Waals surface area contributed by atoms with Crippen molar-refractivity contribution in [2.75, 3.05) is 32.0 Å². The van der Waals surface area contributed by atoms with Crippen molar-refractivity contribution in [3.05, 3.63) is 29.8 Å². The average molecular weight is 298 g/mol. The molecule has 2 rings (SSSR count). The van der Waals surface area contributed by atoms with E-state index in [1.54, 1.807) is 0 Å². The average Bonchev–Trinajstić information content (AvgIpc) is 2.26. The molecule has 1 aliphatic heterocycles. The van der Waals surface area contributed by atoms with Gasteiger partial charge in [-0.2, -0.15) is 0 Å². The van der Waals surface area contributed by atoms with E-state index in [4.69, 9.17) is 0 Å². The molecule has 0 aliphatic carbocycles. The molecule has 112 valence electrons. The molecule has 0 atom stereocenters. The Morgan fingerprint density at radius 3 is 2.40 bits per heavy atom. The maximum atomic E-state index is 11.9. The Morgan fingerprint density at radius 2 is 1.95 bits per heavy atom. The number of nitrogens with one attached hydrogen (secondary N) is 2. The van der Waals surface area contributed by atoms with Crippen molar-refractivity contribution in [1.82, 2.24) is 10.2 Å². The molecule has 1 saturated heterocycles. The maximum Gasteiger partial charge on any atom is 0.238 e. The van der Waals surface area contributed by atoms with Crippen molar-refractivity contribution < 1.29 is 4.79 Å². The largest absolute Gasteiger partial charge is 0.325 e. The third-order valence-corrected chi connectivity index (χ3v) is 3.64. The highest BCUT2D eigenvalue weighted by atomic mass is 35.5. The highest BCUT2D eigenvalue weighted by Gasteiger charge is 2.22. The normalized spacial score (nSPS) is 14.8. The van der Waals surface area contributed by atoms with Crippen LogP contribution in [-0.4, -0.2) is 43.5 Å². The van der Waals surface area contributed by atoms with Crippen LogP contribution in [0.2, 0.25) is 0 Å². The second-order valence-electron chi connectivity index (χ2n) is 5.55. The SMILES string of the molecule is CC(C)c1ccc(NC(=O)CN(C)C2CNC2)cc1.Cl. The Kier molecular flexibility index (Phi) is 6.46. The van der Waals surface area contributed by atoms with Crippen LogP contribution < -0.4 is 10.6 Å². The summed E-state index contributed by atoms with van der Waals surface area (Å²) in [6, 6.07) is 8.57. The summed E-state index contributed by atoms with van der Waals surface area (Å²) in [5.74, 6) is 0.564. The quantitative estimate of drug-likeness (QED) is 0.874. The van der Waals surface area contributed by atoms with Crippen molar-refractivity contribution in [1.29, 1.82) is 0 Å².